The van der Waals surface area contributed by atoms with Crippen LogP contribution in [0.4, 0.5) is 4.39 Å². The highest BCUT2D eigenvalue weighted by Gasteiger charge is 2.51. The van der Waals surface area contributed by atoms with E-state index in [0.29, 0.717) is 17.8 Å². The summed E-state index contributed by atoms with van der Waals surface area (Å²) in [6.45, 7) is 0. The summed E-state index contributed by atoms with van der Waals surface area (Å²) in [7, 11) is 1.88. The molecule has 4 nitrogen and oxygen atoms in total. The molecule has 148 valence electrons. The summed E-state index contributed by atoms with van der Waals surface area (Å²) in [6.07, 6.45) is 11.8. The second-order valence-electron chi connectivity index (χ2n) is 9.51. The molecule has 28 heavy (non-hydrogen) atoms. The lowest BCUT2D eigenvalue weighted by Crippen LogP contribution is -2.48. The summed E-state index contributed by atoms with van der Waals surface area (Å²) in [6, 6.07) is 6.09. The number of carbonyl (C=O) groups is 1. The summed E-state index contributed by atoms with van der Waals surface area (Å²) >= 11 is 0. The molecule has 4 saturated carbocycles. The molecule has 0 unspecified atom stereocenters. The summed E-state index contributed by atoms with van der Waals surface area (Å²) in [4.78, 5) is 17.6. The number of nitrogens with one attached hydrogen (secondary N) is 1. The maximum absolute atomic E-state index is 14.5. The highest BCUT2D eigenvalue weighted by Crippen LogP contribution is 2.61. The molecule has 0 aliphatic heterocycles. The van der Waals surface area contributed by atoms with Crippen molar-refractivity contribution in [3.63, 3.8) is 0 Å². The first-order valence-electron chi connectivity index (χ1n) is 10.5. The standard InChI is InChI=1S/C23H28FN3O/c1-27-7-6-25-22(27)21(18-4-2-3-5-19(18)24)26-20(28)14-23-11-15-8-16(12-23)10-17(9-15)13-23/h2-7,15-17,21H,8-14H2,1H3,(H,26,28)/t15?,16?,17?,21-,23?/m0/s1. The van der Waals surface area contributed by atoms with Crippen LogP contribution in [-0.2, 0) is 11.8 Å². The van der Waals surface area contributed by atoms with Gasteiger partial charge in [0.05, 0.1) is 0 Å². The predicted molar refractivity (Wildman–Crippen MR) is 105 cm³/mol. The maximum Gasteiger partial charge on any atom is 0.221 e. The second kappa shape index (κ2) is 6.71. The van der Waals surface area contributed by atoms with Crippen molar-refractivity contribution in [2.75, 3.05) is 0 Å². The molecule has 5 heteroatoms. The zero-order chi connectivity index (χ0) is 19.3. The molecule has 0 saturated heterocycles. The molecule has 4 bridgehead atoms. The van der Waals surface area contributed by atoms with Crippen molar-refractivity contribution in [3.05, 3.63) is 53.9 Å². The van der Waals surface area contributed by atoms with Crippen molar-refractivity contribution in [2.24, 2.45) is 30.2 Å². The van der Waals surface area contributed by atoms with E-state index < -0.39 is 6.04 Å². The molecular weight excluding hydrogens is 353 g/mol. The van der Waals surface area contributed by atoms with Crippen molar-refractivity contribution < 1.29 is 9.18 Å². The normalized spacial score (nSPS) is 31.7. The minimum atomic E-state index is -0.567. The van der Waals surface area contributed by atoms with Crippen molar-refractivity contribution in [1.29, 1.82) is 0 Å². The van der Waals surface area contributed by atoms with E-state index in [9.17, 15) is 9.18 Å². The van der Waals surface area contributed by atoms with Gasteiger partial charge in [-0.25, -0.2) is 9.37 Å². The lowest BCUT2D eigenvalue weighted by molar-refractivity contribution is -0.130. The fourth-order valence-electron chi connectivity index (χ4n) is 6.71. The zero-order valence-electron chi connectivity index (χ0n) is 16.4. The number of aryl methyl sites for hydroxylation is 1. The van der Waals surface area contributed by atoms with E-state index in [0.717, 1.165) is 17.8 Å². The molecule has 4 fully saturated rings. The van der Waals surface area contributed by atoms with Crippen LogP contribution in [-0.4, -0.2) is 15.5 Å². The van der Waals surface area contributed by atoms with Gasteiger partial charge in [-0.3, -0.25) is 4.79 Å². The SMILES string of the molecule is Cn1ccnc1[C@@H](NC(=O)CC12CC3CC(CC(C3)C1)C2)c1ccccc1F. The zero-order valence-corrected chi connectivity index (χ0v) is 16.4. The van der Waals surface area contributed by atoms with Crippen molar-refractivity contribution in [1.82, 2.24) is 14.9 Å². The topological polar surface area (TPSA) is 46.9 Å². The second-order valence-corrected chi connectivity index (χ2v) is 9.51. The summed E-state index contributed by atoms with van der Waals surface area (Å²) in [5, 5.41) is 3.13. The van der Waals surface area contributed by atoms with E-state index >= 15 is 0 Å². The average Bonchev–Trinajstić information content (AvgIpc) is 3.04. The van der Waals surface area contributed by atoms with Crippen LogP contribution in [0.2, 0.25) is 0 Å². The molecule has 1 heterocycles. The van der Waals surface area contributed by atoms with Crippen LogP contribution in [0.25, 0.3) is 0 Å². The Morgan fingerprint density at radius 2 is 1.86 bits per heavy atom. The Hall–Kier alpha value is -2.17. The summed E-state index contributed by atoms with van der Waals surface area (Å²) in [5.74, 6) is 2.82. The molecule has 1 aromatic heterocycles. The van der Waals surface area contributed by atoms with Gasteiger partial charge in [0.15, 0.2) is 0 Å². The van der Waals surface area contributed by atoms with Crippen LogP contribution in [0.5, 0.6) is 0 Å². The number of amides is 1. The molecule has 2 aromatic rings. The Bertz CT molecular complexity index is 854. The predicted octanol–water partition coefficient (Wildman–Crippen LogP) is 4.37. The van der Waals surface area contributed by atoms with E-state index in [2.05, 4.69) is 10.3 Å². The Morgan fingerprint density at radius 3 is 2.43 bits per heavy atom. The van der Waals surface area contributed by atoms with Gasteiger partial charge in [-0.2, -0.15) is 0 Å². The minimum absolute atomic E-state index is 0.0261. The van der Waals surface area contributed by atoms with Crippen molar-refractivity contribution in [3.8, 4) is 0 Å². The Labute approximate surface area is 165 Å². The number of halogens is 1. The number of hydrogen-bond acceptors (Lipinski definition) is 2. The molecule has 1 atom stereocenters. The van der Waals surface area contributed by atoms with E-state index in [4.69, 9.17) is 0 Å². The lowest BCUT2D eigenvalue weighted by atomic mass is 9.49. The maximum atomic E-state index is 14.5. The van der Waals surface area contributed by atoms with Gasteiger partial charge in [0.2, 0.25) is 5.91 Å². The highest BCUT2D eigenvalue weighted by molar-refractivity contribution is 5.77. The van der Waals surface area contributed by atoms with Crippen LogP contribution in [0.3, 0.4) is 0 Å². The third-order valence-corrected chi connectivity index (χ3v) is 7.34. The molecule has 4 aliphatic rings. The van der Waals surface area contributed by atoms with Crippen molar-refractivity contribution in [2.45, 2.75) is 51.0 Å². The third-order valence-electron chi connectivity index (χ3n) is 7.34. The van der Waals surface area contributed by atoms with Gasteiger partial charge < -0.3 is 9.88 Å². The summed E-state index contributed by atoms with van der Waals surface area (Å²) < 4.78 is 16.4. The van der Waals surface area contributed by atoms with E-state index in [1.54, 1.807) is 24.4 Å². The van der Waals surface area contributed by atoms with Crippen LogP contribution < -0.4 is 5.32 Å². The number of carbonyl (C=O) groups excluding carboxylic acids is 1. The van der Waals surface area contributed by atoms with Crippen molar-refractivity contribution >= 4 is 5.91 Å². The minimum Gasteiger partial charge on any atom is -0.342 e. The Kier molecular flexibility index (Phi) is 4.29. The lowest BCUT2D eigenvalue weighted by Gasteiger charge is -2.56. The number of aromatic nitrogens is 2. The fraction of sp³-hybridized carbons (Fsp3) is 0.565. The number of benzene rings is 1. The average molecular weight is 381 g/mol. The quantitative estimate of drug-likeness (QED) is 0.836. The van der Waals surface area contributed by atoms with Gasteiger partial charge in [0.25, 0.3) is 0 Å². The smallest absolute Gasteiger partial charge is 0.221 e. The highest BCUT2D eigenvalue weighted by atomic mass is 19.1. The molecule has 1 amide bonds. The van der Waals surface area contributed by atoms with Gasteiger partial charge in [-0.05, 0) is 67.8 Å². The first-order valence-corrected chi connectivity index (χ1v) is 10.5. The largest absolute Gasteiger partial charge is 0.342 e. The van der Waals surface area contributed by atoms with Crippen LogP contribution in [0.1, 0.15) is 62.4 Å². The first kappa shape index (κ1) is 17.9. The van der Waals surface area contributed by atoms with Crippen LogP contribution in [0, 0.1) is 29.0 Å². The van der Waals surface area contributed by atoms with Gasteiger partial charge in [-0.1, -0.05) is 18.2 Å². The Balaban J connectivity index is 1.38. The fourth-order valence-corrected chi connectivity index (χ4v) is 6.71. The van der Waals surface area contributed by atoms with Gasteiger partial charge >= 0.3 is 0 Å². The number of nitrogens with zero attached hydrogens (tertiary/aromatic N) is 2. The molecular formula is C23H28FN3O. The van der Waals surface area contributed by atoms with E-state index in [-0.39, 0.29) is 17.1 Å². The van der Waals surface area contributed by atoms with Crippen LogP contribution >= 0.6 is 0 Å². The molecule has 0 spiro atoms. The monoisotopic (exact) mass is 381 g/mol. The third kappa shape index (κ3) is 3.15. The molecule has 0 radical (unpaired) electrons. The van der Waals surface area contributed by atoms with Gasteiger partial charge in [0.1, 0.15) is 17.7 Å². The van der Waals surface area contributed by atoms with Crippen LogP contribution in [0.15, 0.2) is 36.7 Å². The van der Waals surface area contributed by atoms with E-state index in [1.807, 2.05) is 17.8 Å². The molecule has 1 aromatic carbocycles. The molecule has 4 aliphatic carbocycles. The number of hydrogen-bond donors (Lipinski definition) is 1. The summed E-state index contributed by atoms with van der Waals surface area (Å²) in [5.41, 5.74) is 0.635. The van der Waals surface area contributed by atoms with E-state index in [1.165, 1.54) is 44.6 Å². The first-order chi connectivity index (χ1) is 13.5. The number of imidazole rings is 1. The van der Waals surface area contributed by atoms with Gasteiger partial charge in [0, 0.05) is 31.4 Å². The molecule has 1 N–H and O–H groups in total. The Morgan fingerprint density at radius 1 is 1.21 bits per heavy atom. The number of rotatable bonds is 5. The molecule has 6 rings (SSSR count). The van der Waals surface area contributed by atoms with Gasteiger partial charge in [-0.15, -0.1) is 0 Å².